The van der Waals surface area contributed by atoms with Crippen LogP contribution >= 0.6 is 50.5 Å². The smallest absolute Gasteiger partial charge is 0.304 e. The number of aliphatic carboxylic acids is 1. The number of thiophene rings is 1. The molecule has 7 heteroatoms. The van der Waals surface area contributed by atoms with Crippen molar-refractivity contribution in [1.82, 2.24) is 0 Å². The Morgan fingerprint density at radius 3 is 2.53 bits per heavy atom. The van der Waals surface area contributed by atoms with Crippen molar-refractivity contribution in [3.8, 4) is 0 Å². The molecular formula is C8H5BrCl2O3S. The summed E-state index contributed by atoms with van der Waals surface area (Å²) in [6.07, 6.45) is -0.289. The molecule has 0 fully saturated rings. The molecule has 1 aromatic heterocycles. The molecular weight excluding hydrogens is 327 g/mol. The summed E-state index contributed by atoms with van der Waals surface area (Å²) < 4.78 is 0.679. The van der Waals surface area contributed by atoms with E-state index < -0.39 is 10.8 Å². The Balaban J connectivity index is 2.84. The van der Waals surface area contributed by atoms with Gasteiger partial charge in [0.25, 0.3) is 0 Å². The van der Waals surface area contributed by atoms with E-state index in [-0.39, 0.29) is 22.1 Å². The van der Waals surface area contributed by atoms with Gasteiger partial charge in [0.1, 0.15) is 4.34 Å². The number of carboxylic acids is 1. The second-order valence-electron chi connectivity index (χ2n) is 2.67. The van der Waals surface area contributed by atoms with Crippen molar-refractivity contribution in [3.05, 3.63) is 20.3 Å². The van der Waals surface area contributed by atoms with Crippen LogP contribution < -0.4 is 0 Å². The van der Waals surface area contributed by atoms with Gasteiger partial charge in [0.2, 0.25) is 0 Å². The highest BCUT2D eigenvalue weighted by molar-refractivity contribution is 9.10. The number of hydrogen-bond donors (Lipinski definition) is 1. The van der Waals surface area contributed by atoms with E-state index in [9.17, 15) is 9.59 Å². The fraction of sp³-hybridized carbons (Fsp3) is 0.250. The molecule has 1 rings (SSSR count). The number of alkyl halides is 1. The minimum Gasteiger partial charge on any atom is -0.481 e. The zero-order chi connectivity index (χ0) is 11.6. The molecule has 0 aliphatic heterocycles. The first-order valence-corrected chi connectivity index (χ1v) is 6.25. The Labute approximate surface area is 108 Å². The molecule has 0 saturated heterocycles. The van der Waals surface area contributed by atoms with E-state index in [1.54, 1.807) is 0 Å². The number of hydrogen-bond acceptors (Lipinski definition) is 3. The van der Waals surface area contributed by atoms with Gasteiger partial charge in [-0.15, -0.1) is 11.3 Å². The zero-order valence-electron chi connectivity index (χ0n) is 7.17. The Morgan fingerprint density at radius 2 is 2.13 bits per heavy atom. The van der Waals surface area contributed by atoms with Crippen LogP contribution in [0.5, 0.6) is 0 Å². The normalized spacial score (nSPS) is 12.5. The van der Waals surface area contributed by atoms with Gasteiger partial charge in [-0.3, -0.25) is 9.59 Å². The summed E-state index contributed by atoms with van der Waals surface area (Å²) in [7, 11) is 0. The van der Waals surface area contributed by atoms with Gasteiger partial charge < -0.3 is 5.11 Å². The molecule has 0 spiro atoms. The summed E-state index contributed by atoms with van der Waals surface area (Å²) in [4.78, 5) is 21.3. The van der Waals surface area contributed by atoms with Gasteiger partial charge in [-0.05, 0) is 6.07 Å². The fourth-order valence-corrected chi connectivity index (χ4v) is 2.92. The first kappa shape index (κ1) is 13.0. The maximum absolute atomic E-state index is 11.7. The lowest BCUT2D eigenvalue weighted by Gasteiger charge is -2.04. The van der Waals surface area contributed by atoms with E-state index >= 15 is 0 Å². The van der Waals surface area contributed by atoms with Crippen molar-refractivity contribution in [1.29, 1.82) is 0 Å². The molecule has 0 aromatic carbocycles. The number of ketones is 1. The Kier molecular flexibility index (Phi) is 4.58. The third kappa shape index (κ3) is 3.45. The molecule has 0 bridgehead atoms. The number of carboxylic acid groups (broad SMARTS) is 1. The van der Waals surface area contributed by atoms with Crippen LogP contribution in [0.2, 0.25) is 8.67 Å². The largest absolute Gasteiger partial charge is 0.481 e. The molecule has 0 aliphatic carbocycles. The average molecular weight is 332 g/mol. The molecule has 1 N–H and O–H groups in total. The predicted molar refractivity (Wildman–Crippen MR) is 63.6 cm³/mol. The van der Waals surface area contributed by atoms with Crippen LogP contribution in [0.1, 0.15) is 16.8 Å². The molecule has 3 nitrogen and oxygen atoms in total. The van der Waals surface area contributed by atoms with Gasteiger partial charge in [-0.2, -0.15) is 0 Å². The minimum absolute atomic E-state index is 0.259. The monoisotopic (exact) mass is 330 g/mol. The van der Waals surface area contributed by atoms with E-state index in [4.69, 9.17) is 28.3 Å². The molecule has 15 heavy (non-hydrogen) atoms. The van der Waals surface area contributed by atoms with Gasteiger partial charge in [0.05, 0.1) is 15.6 Å². The average Bonchev–Trinajstić information content (AvgIpc) is 2.42. The maximum atomic E-state index is 11.7. The van der Waals surface area contributed by atoms with E-state index in [1.165, 1.54) is 6.07 Å². The van der Waals surface area contributed by atoms with E-state index in [0.29, 0.717) is 4.34 Å². The molecule has 1 heterocycles. The maximum Gasteiger partial charge on any atom is 0.304 e. The van der Waals surface area contributed by atoms with Crippen molar-refractivity contribution < 1.29 is 14.7 Å². The second kappa shape index (κ2) is 5.30. The van der Waals surface area contributed by atoms with Crippen LogP contribution in [0.4, 0.5) is 0 Å². The van der Waals surface area contributed by atoms with Crippen LogP contribution in [0.15, 0.2) is 6.07 Å². The summed E-state index contributed by atoms with van der Waals surface area (Å²) >= 11 is 15.5. The van der Waals surface area contributed by atoms with Crippen LogP contribution in [0.25, 0.3) is 0 Å². The van der Waals surface area contributed by atoms with E-state index in [2.05, 4.69) is 15.9 Å². The quantitative estimate of drug-likeness (QED) is 0.678. The molecule has 1 aromatic rings. The van der Waals surface area contributed by atoms with Crippen LogP contribution in [-0.2, 0) is 4.79 Å². The Hall–Kier alpha value is -0.100. The predicted octanol–water partition coefficient (Wildman–Crippen LogP) is 3.48. The molecule has 1 unspecified atom stereocenters. The Bertz CT molecular complexity index is 405. The summed E-state index contributed by atoms with van der Waals surface area (Å²) in [5.41, 5.74) is 0.259. The summed E-state index contributed by atoms with van der Waals surface area (Å²) in [6, 6.07) is 1.44. The van der Waals surface area contributed by atoms with Crippen LogP contribution in [0, 0.1) is 0 Å². The lowest BCUT2D eigenvalue weighted by atomic mass is 10.1. The number of Topliss-reactive ketones (excluding diaryl/α,β-unsaturated/α-hetero) is 1. The van der Waals surface area contributed by atoms with Gasteiger partial charge in [-0.1, -0.05) is 39.1 Å². The highest BCUT2D eigenvalue weighted by Crippen LogP contribution is 2.33. The molecule has 0 aliphatic rings. The number of carbonyl (C=O) groups is 2. The highest BCUT2D eigenvalue weighted by Gasteiger charge is 2.23. The number of carbonyl (C=O) groups excluding carboxylic acids is 1. The SMILES string of the molecule is O=C(O)CC(Br)C(=O)c1cc(Cl)sc1Cl. The molecule has 0 saturated carbocycles. The number of rotatable bonds is 4. The summed E-state index contributed by atoms with van der Waals surface area (Å²) in [5, 5.41) is 8.52. The third-order valence-electron chi connectivity index (χ3n) is 1.56. The van der Waals surface area contributed by atoms with Gasteiger partial charge in [0.15, 0.2) is 5.78 Å². The van der Waals surface area contributed by atoms with Crippen molar-refractivity contribution in [2.24, 2.45) is 0 Å². The second-order valence-corrected chi connectivity index (χ2v) is 6.06. The standard InChI is InChI=1S/C8H5BrCl2O3S/c9-4(2-6(12)13)7(14)3-1-5(10)15-8(3)11/h1,4H,2H2,(H,12,13). The van der Waals surface area contributed by atoms with Crippen molar-refractivity contribution in [2.75, 3.05) is 0 Å². The van der Waals surface area contributed by atoms with Gasteiger partial charge in [-0.25, -0.2) is 0 Å². The van der Waals surface area contributed by atoms with Crippen molar-refractivity contribution in [3.63, 3.8) is 0 Å². The first-order valence-electron chi connectivity index (χ1n) is 3.76. The van der Waals surface area contributed by atoms with E-state index in [0.717, 1.165) is 11.3 Å². The highest BCUT2D eigenvalue weighted by atomic mass is 79.9. The van der Waals surface area contributed by atoms with Crippen LogP contribution in [0.3, 0.4) is 0 Å². The van der Waals surface area contributed by atoms with Crippen molar-refractivity contribution >= 4 is 62.2 Å². The van der Waals surface area contributed by atoms with Gasteiger partial charge >= 0.3 is 5.97 Å². The van der Waals surface area contributed by atoms with Crippen molar-refractivity contribution in [2.45, 2.75) is 11.2 Å². The summed E-state index contributed by atoms with van der Waals surface area (Å²) in [5.74, 6) is -1.42. The molecule has 82 valence electrons. The number of halogens is 3. The van der Waals surface area contributed by atoms with Gasteiger partial charge in [0, 0.05) is 5.56 Å². The molecule has 0 radical (unpaired) electrons. The minimum atomic E-state index is -1.05. The summed E-state index contributed by atoms with van der Waals surface area (Å²) in [6.45, 7) is 0. The molecule has 1 atom stereocenters. The topological polar surface area (TPSA) is 54.4 Å². The fourth-order valence-electron chi connectivity index (χ4n) is 0.923. The van der Waals surface area contributed by atoms with Crippen LogP contribution in [-0.4, -0.2) is 21.7 Å². The zero-order valence-corrected chi connectivity index (χ0v) is 11.1. The lowest BCUT2D eigenvalue weighted by Crippen LogP contribution is -2.17. The third-order valence-corrected chi connectivity index (χ3v) is 3.79. The lowest BCUT2D eigenvalue weighted by molar-refractivity contribution is -0.136. The first-order chi connectivity index (χ1) is 6.91. The van der Waals surface area contributed by atoms with E-state index in [1.807, 2.05) is 0 Å². The molecule has 0 amide bonds. The Morgan fingerprint density at radius 1 is 1.53 bits per heavy atom.